The van der Waals surface area contributed by atoms with E-state index in [2.05, 4.69) is 29.2 Å². The second-order valence-corrected chi connectivity index (χ2v) is 6.44. The monoisotopic (exact) mass is 301 g/mol. The molecule has 2 aromatic carbocycles. The van der Waals surface area contributed by atoms with Crippen LogP contribution in [0.25, 0.3) is 10.8 Å². The van der Waals surface area contributed by atoms with Gasteiger partial charge in [-0.2, -0.15) is 11.8 Å². The summed E-state index contributed by atoms with van der Waals surface area (Å²) >= 11 is 2.01. The maximum Gasteiger partial charge on any atom is 0.170 e. The first-order valence-corrected chi connectivity index (χ1v) is 8.18. The molecule has 3 N–H and O–H groups in total. The summed E-state index contributed by atoms with van der Waals surface area (Å²) in [7, 11) is 2.15. The van der Waals surface area contributed by atoms with E-state index in [1.54, 1.807) is 0 Å². The Labute approximate surface area is 128 Å². The van der Waals surface area contributed by atoms with Crippen LogP contribution in [-0.2, 0) is 0 Å². The molecule has 3 rings (SSSR count). The third-order valence-electron chi connectivity index (χ3n) is 4.12. The normalized spacial score (nSPS) is 19.1. The second-order valence-electron chi connectivity index (χ2n) is 5.29. The van der Waals surface area contributed by atoms with E-state index in [1.807, 2.05) is 36.0 Å². The average Bonchev–Trinajstić information content (AvgIpc) is 3.07. The predicted molar refractivity (Wildman–Crippen MR) is 90.6 cm³/mol. The summed E-state index contributed by atoms with van der Waals surface area (Å²) in [6, 6.07) is 12.7. The third-order valence-corrected chi connectivity index (χ3v) is 5.26. The molecule has 0 aliphatic carbocycles. The van der Waals surface area contributed by atoms with Gasteiger partial charge in [0.05, 0.1) is 0 Å². The van der Waals surface area contributed by atoms with Gasteiger partial charge in [0.15, 0.2) is 5.84 Å². The molecule has 4 nitrogen and oxygen atoms in total. The van der Waals surface area contributed by atoms with Crippen molar-refractivity contribution in [2.45, 2.75) is 12.5 Å². The molecular weight excluding hydrogens is 282 g/mol. The topological polar surface area (TPSA) is 61.8 Å². The van der Waals surface area contributed by atoms with Crippen LogP contribution in [0.5, 0.6) is 0 Å². The minimum Gasteiger partial charge on any atom is -0.409 e. The molecule has 2 aromatic rings. The summed E-state index contributed by atoms with van der Waals surface area (Å²) in [4.78, 5) is 2.36. The molecule has 1 atom stereocenters. The van der Waals surface area contributed by atoms with Gasteiger partial charge in [0.2, 0.25) is 0 Å². The number of hydrogen-bond donors (Lipinski definition) is 2. The van der Waals surface area contributed by atoms with Crippen LogP contribution >= 0.6 is 11.8 Å². The van der Waals surface area contributed by atoms with Crippen LogP contribution in [0.1, 0.15) is 12.0 Å². The first-order chi connectivity index (χ1) is 10.2. The van der Waals surface area contributed by atoms with Crippen molar-refractivity contribution in [3.05, 3.63) is 42.0 Å². The highest BCUT2D eigenvalue weighted by Gasteiger charge is 2.22. The van der Waals surface area contributed by atoms with Gasteiger partial charge in [0.1, 0.15) is 0 Å². The van der Waals surface area contributed by atoms with Crippen molar-refractivity contribution >= 4 is 34.1 Å². The van der Waals surface area contributed by atoms with E-state index in [1.165, 1.54) is 23.6 Å². The predicted octanol–water partition coefficient (Wildman–Crippen LogP) is 2.88. The molecule has 1 aliphatic heterocycles. The van der Waals surface area contributed by atoms with E-state index in [9.17, 15) is 0 Å². The number of oxime groups is 1. The lowest BCUT2D eigenvalue weighted by Gasteiger charge is -2.27. The van der Waals surface area contributed by atoms with Gasteiger partial charge in [-0.1, -0.05) is 29.4 Å². The SMILES string of the molecule is CN(c1ccc(/C(N)=N/O)c2ccccc12)C1CCSC1. The summed E-state index contributed by atoms with van der Waals surface area (Å²) in [5.41, 5.74) is 7.76. The molecule has 0 saturated carbocycles. The van der Waals surface area contributed by atoms with Crippen LogP contribution in [0, 0.1) is 0 Å². The Morgan fingerprint density at radius 2 is 2.05 bits per heavy atom. The molecule has 0 spiro atoms. The van der Waals surface area contributed by atoms with Crippen LogP contribution in [0.2, 0.25) is 0 Å². The first kappa shape index (κ1) is 14.1. The van der Waals surface area contributed by atoms with Gasteiger partial charge in [-0.3, -0.25) is 0 Å². The molecule has 0 radical (unpaired) electrons. The number of nitrogens with zero attached hydrogens (tertiary/aromatic N) is 2. The maximum atomic E-state index is 8.95. The summed E-state index contributed by atoms with van der Waals surface area (Å²) < 4.78 is 0. The fourth-order valence-corrected chi connectivity index (χ4v) is 4.16. The van der Waals surface area contributed by atoms with Gasteiger partial charge < -0.3 is 15.8 Å². The molecule has 1 heterocycles. The number of amidine groups is 1. The maximum absolute atomic E-state index is 8.95. The molecule has 5 heteroatoms. The third kappa shape index (κ3) is 2.53. The Morgan fingerprint density at radius 1 is 1.29 bits per heavy atom. The van der Waals surface area contributed by atoms with E-state index >= 15 is 0 Å². The van der Waals surface area contributed by atoms with Crippen LogP contribution < -0.4 is 10.6 Å². The Hall–Kier alpha value is -1.88. The Morgan fingerprint density at radius 3 is 2.71 bits per heavy atom. The molecule has 0 aromatic heterocycles. The summed E-state index contributed by atoms with van der Waals surface area (Å²) in [6.07, 6.45) is 1.22. The molecule has 1 fully saturated rings. The van der Waals surface area contributed by atoms with Crippen molar-refractivity contribution in [3.63, 3.8) is 0 Å². The lowest BCUT2D eigenvalue weighted by molar-refractivity contribution is 0.318. The molecule has 110 valence electrons. The van der Waals surface area contributed by atoms with Gasteiger partial charge >= 0.3 is 0 Å². The number of nitrogens with two attached hydrogens (primary N) is 1. The summed E-state index contributed by atoms with van der Waals surface area (Å²) in [6.45, 7) is 0. The number of hydrogen-bond acceptors (Lipinski definition) is 4. The summed E-state index contributed by atoms with van der Waals surface area (Å²) in [5, 5.41) is 14.2. The van der Waals surface area contributed by atoms with Gasteiger partial charge in [-0.05, 0) is 29.7 Å². The lowest BCUT2D eigenvalue weighted by Crippen LogP contribution is -2.31. The van der Waals surface area contributed by atoms with Gasteiger partial charge in [-0.15, -0.1) is 0 Å². The highest BCUT2D eigenvalue weighted by molar-refractivity contribution is 7.99. The van der Waals surface area contributed by atoms with Crippen molar-refractivity contribution in [2.75, 3.05) is 23.5 Å². The molecular formula is C16H19N3OS. The zero-order valence-corrected chi connectivity index (χ0v) is 12.8. The fourth-order valence-electron chi connectivity index (χ4n) is 2.89. The Bertz CT molecular complexity index is 680. The highest BCUT2D eigenvalue weighted by atomic mass is 32.2. The van der Waals surface area contributed by atoms with E-state index in [0.717, 1.165) is 16.3 Å². The summed E-state index contributed by atoms with van der Waals surface area (Å²) in [5.74, 6) is 2.55. The zero-order chi connectivity index (χ0) is 14.8. The molecule has 21 heavy (non-hydrogen) atoms. The largest absolute Gasteiger partial charge is 0.409 e. The minimum absolute atomic E-state index is 0.150. The molecule has 0 bridgehead atoms. The highest BCUT2D eigenvalue weighted by Crippen LogP contribution is 2.33. The fraction of sp³-hybridized carbons (Fsp3) is 0.312. The second kappa shape index (κ2) is 5.85. The first-order valence-electron chi connectivity index (χ1n) is 7.02. The van der Waals surface area contributed by atoms with Crippen molar-refractivity contribution in [1.29, 1.82) is 0 Å². The molecule has 1 unspecified atom stereocenters. The van der Waals surface area contributed by atoms with E-state index in [-0.39, 0.29) is 5.84 Å². The minimum atomic E-state index is 0.150. The van der Waals surface area contributed by atoms with E-state index in [4.69, 9.17) is 10.9 Å². The van der Waals surface area contributed by atoms with Crippen molar-refractivity contribution in [1.82, 2.24) is 0 Å². The standard InChI is InChI=1S/C16H19N3OS/c1-19(11-8-9-21-10-11)15-7-6-14(16(17)18-20)12-4-2-3-5-13(12)15/h2-7,11,20H,8-10H2,1H3,(H2,17,18). The van der Waals surface area contributed by atoms with Crippen LogP contribution in [0.4, 0.5) is 5.69 Å². The van der Waals surface area contributed by atoms with Gasteiger partial charge in [0, 0.05) is 35.5 Å². The quantitative estimate of drug-likeness (QED) is 0.396. The molecule has 1 aliphatic rings. The average molecular weight is 301 g/mol. The van der Waals surface area contributed by atoms with Crippen LogP contribution in [-0.4, -0.2) is 35.6 Å². The molecule has 1 saturated heterocycles. The smallest absolute Gasteiger partial charge is 0.170 e. The van der Waals surface area contributed by atoms with Crippen molar-refractivity contribution < 1.29 is 5.21 Å². The number of benzene rings is 2. The number of fused-ring (bicyclic) bond motifs is 1. The number of rotatable bonds is 3. The number of anilines is 1. The Kier molecular flexibility index (Phi) is 3.92. The van der Waals surface area contributed by atoms with Crippen molar-refractivity contribution in [2.24, 2.45) is 10.9 Å². The number of thioether (sulfide) groups is 1. The zero-order valence-electron chi connectivity index (χ0n) is 12.0. The Balaban J connectivity index is 2.12. The molecule has 0 amide bonds. The van der Waals surface area contributed by atoms with Crippen LogP contribution in [0.3, 0.4) is 0 Å². The van der Waals surface area contributed by atoms with E-state index < -0.39 is 0 Å². The van der Waals surface area contributed by atoms with Gasteiger partial charge in [0.25, 0.3) is 0 Å². The lowest BCUT2D eigenvalue weighted by atomic mass is 10.0. The van der Waals surface area contributed by atoms with Crippen LogP contribution in [0.15, 0.2) is 41.6 Å². The van der Waals surface area contributed by atoms with E-state index in [0.29, 0.717) is 6.04 Å². The van der Waals surface area contributed by atoms with Crippen molar-refractivity contribution in [3.8, 4) is 0 Å². The van der Waals surface area contributed by atoms with Gasteiger partial charge in [-0.25, -0.2) is 0 Å².